The number of imidazole rings is 1. The van der Waals surface area contributed by atoms with Crippen molar-refractivity contribution in [1.29, 1.82) is 10.5 Å². The summed E-state index contributed by atoms with van der Waals surface area (Å²) in [5, 5.41) is 18.5. The fourth-order valence-corrected chi connectivity index (χ4v) is 6.77. The lowest BCUT2D eigenvalue weighted by atomic mass is 9.97. The maximum Gasteiger partial charge on any atom is 0.145 e. The number of nitriles is 2. The van der Waals surface area contributed by atoms with E-state index in [2.05, 4.69) is 95.6 Å². The molecule has 0 aliphatic heterocycles. The predicted molar refractivity (Wildman–Crippen MR) is 211 cm³/mol. The van der Waals surface area contributed by atoms with E-state index in [4.69, 9.17) is 15.0 Å². The molecule has 0 unspecified atom stereocenters. The highest BCUT2D eigenvalue weighted by atomic mass is 15.1. The Labute approximate surface area is 306 Å². The number of fused-ring (bicyclic) bond motifs is 2. The van der Waals surface area contributed by atoms with Crippen LogP contribution in [0.4, 0.5) is 0 Å². The molecule has 246 valence electrons. The van der Waals surface area contributed by atoms with Crippen LogP contribution in [0.15, 0.2) is 170 Å². The van der Waals surface area contributed by atoms with Crippen molar-refractivity contribution in [1.82, 2.24) is 19.5 Å². The average molecular weight is 677 g/mol. The molecule has 0 saturated heterocycles. The van der Waals surface area contributed by atoms with Gasteiger partial charge in [0.2, 0.25) is 0 Å². The van der Waals surface area contributed by atoms with Crippen LogP contribution in [0.1, 0.15) is 11.1 Å². The van der Waals surface area contributed by atoms with Gasteiger partial charge in [0.1, 0.15) is 5.82 Å². The van der Waals surface area contributed by atoms with Gasteiger partial charge in [-0.25, -0.2) is 15.0 Å². The quantitative estimate of drug-likeness (QED) is 0.175. The van der Waals surface area contributed by atoms with Crippen LogP contribution in [0.25, 0.3) is 83.9 Å². The summed E-state index contributed by atoms with van der Waals surface area (Å²) in [5.74, 6) is 0.830. The number of hydrogen-bond donors (Lipinski definition) is 0. The van der Waals surface area contributed by atoms with E-state index in [1.54, 1.807) is 0 Å². The molecule has 2 heterocycles. The van der Waals surface area contributed by atoms with Crippen molar-refractivity contribution in [2.75, 3.05) is 0 Å². The topological polar surface area (TPSA) is 91.2 Å². The summed E-state index contributed by atoms with van der Waals surface area (Å²) < 4.78 is 2.19. The molecule has 0 spiro atoms. The molecule has 6 heteroatoms. The van der Waals surface area contributed by atoms with Gasteiger partial charge < -0.3 is 0 Å². The molecule has 9 aromatic rings. The SMILES string of the molecule is N#Cc1ccc(-c2ccc(-c3nc4ccc(-c5nc6ccccc6n5-c5ccccc5)cc4nc3-c3ccc(-c4ccc(C#N)cc4)cc3)cc2)cc1. The van der Waals surface area contributed by atoms with Gasteiger partial charge in [-0.05, 0) is 89.0 Å². The third-order valence-electron chi connectivity index (χ3n) is 9.51. The lowest BCUT2D eigenvalue weighted by Crippen LogP contribution is -1.99. The number of hydrogen-bond acceptors (Lipinski definition) is 5. The van der Waals surface area contributed by atoms with E-state index in [1.807, 2.05) is 91.0 Å². The molecule has 0 atom stereocenters. The van der Waals surface area contributed by atoms with E-state index < -0.39 is 0 Å². The van der Waals surface area contributed by atoms with Crippen LogP contribution >= 0.6 is 0 Å². The standard InChI is InChI=1S/C47H28N6/c48-29-31-10-14-33(15-11-31)35-18-22-37(23-19-35)45-46(38-24-20-36(21-25-38)34-16-12-32(30-49)13-17-34)51-43-28-39(26-27-41(43)50-45)47-52-42-8-4-5-9-44(42)53(47)40-6-2-1-3-7-40/h1-28H. The Hall–Kier alpha value is -7.67. The summed E-state index contributed by atoms with van der Waals surface area (Å²) in [6.45, 7) is 0. The summed E-state index contributed by atoms with van der Waals surface area (Å²) in [6, 6.07) is 60.9. The molecule has 7 aromatic carbocycles. The van der Waals surface area contributed by atoms with Gasteiger partial charge in [-0.2, -0.15) is 10.5 Å². The molecule has 0 bridgehead atoms. The monoisotopic (exact) mass is 676 g/mol. The summed E-state index contributed by atoms with van der Waals surface area (Å²) in [7, 11) is 0. The Morgan fingerprint density at radius 2 is 0.830 bits per heavy atom. The Morgan fingerprint density at radius 1 is 0.377 bits per heavy atom. The zero-order valence-corrected chi connectivity index (χ0v) is 28.3. The van der Waals surface area contributed by atoms with Crippen molar-refractivity contribution in [3.8, 4) is 74.0 Å². The highest BCUT2D eigenvalue weighted by molar-refractivity contribution is 5.90. The normalized spacial score (nSPS) is 11.0. The zero-order chi connectivity index (χ0) is 35.7. The van der Waals surface area contributed by atoms with E-state index in [0.717, 1.165) is 83.9 Å². The fraction of sp³-hybridized carbons (Fsp3) is 0. The maximum atomic E-state index is 9.25. The third kappa shape index (κ3) is 5.87. The number of para-hydroxylation sites is 3. The maximum absolute atomic E-state index is 9.25. The van der Waals surface area contributed by atoms with E-state index in [9.17, 15) is 10.5 Å². The lowest BCUT2D eigenvalue weighted by Gasteiger charge is -2.13. The van der Waals surface area contributed by atoms with Gasteiger partial charge >= 0.3 is 0 Å². The third-order valence-corrected chi connectivity index (χ3v) is 9.51. The minimum Gasteiger partial charge on any atom is -0.292 e. The van der Waals surface area contributed by atoms with Crippen molar-refractivity contribution in [3.05, 3.63) is 181 Å². The van der Waals surface area contributed by atoms with Crippen molar-refractivity contribution >= 4 is 22.1 Å². The summed E-state index contributed by atoms with van der Waals surface area (Å²) in [6.07, 6.45) is 0. The van der Waals surface area contributed by atoms with Gasteiger partial charge in [-0.15, -0.1) is 0 Å². The second kappa shape index (κ2) is 13.2. The molecule has 0 N–H and O–H groups in total. The fourth-order valence-electron chi connectivity index (χ4n) is 6.77. The summed E-state index contributed by atoms with van der Waals surface area (Å²) in [5.41, 5.74) is 14.3. The molecule has 0 aliphatic rings. The Kier molecular flexibility index (Phi) is 7.82. The lowest BCUT2D eigenvalue weighted by molar-refractivity contribution is 1.10. The van der Waals surface area contributed by atoms with Crippen molar-refractivity contribution in [2.45, 2.75) is 0 Å². The molecule has 0 fully saturated rings. The van der Waals surface area contributed by atoms with Crippen molar-refractivity contribution in [2.24, 2.45) is 0 Å². The number of aromatic nitrogens is 4. The Morgan fingerprint density at radius 3 is 1.38 bits per heavy atom. The summed E-state index contributed by atoms with van der Waals surface area (Å²) >= 11 is 0. The zero-order valence-electron chi connectivity index (χ0n) is 28.3. The van der Waals surface area contributed by atoms with Crippen LogP contribution in [0, 0.1) is 22.7 Å². The van der Waals surface area contributed by atoms with Gasteiger partial charge in [-0.3, -0.25) is 4.57 Å². The van der Waals surface area contributed by atoms with E-state index in [0.29, 0.717) is 11.1 Å². The second-order valence-electron chi connectivity index (χ2n) is 12.8. The highest BCUT2D eigenvalue weighted by Crippen LogP contribution is 2.36. The molecule has 6 nitrogen and oxygen atoms in total. The van der Waals surface area contributed by atoms with E-state index in [1.165, 1.54) is 0 Å². The number of benzene rings is 7. The number of nitrogens with zero attached hydrogens (tertiary/aromatic N) is 6. The molecule has 2 aromatic heterocycles. The van der Waals surface area contributed by atoms with Gasteiger partial charge in [0.25, 0.3) is 0 Å². The Bertz CT molecular complexity index is 2860. The van der Waals surface area contributed by atoms with Crippen LogP contribution in [0.5, 0.6) is 0 Å². The van der Waals surface area contributed by atoms with Crippen LogP contribution < -0.4 is 0 Å². The van der Waals surface area contributed by atoms with Crippen molar-refractivity contribution in [3.63, 3.8) is 0 Å². The smallest absolute Gasteiger partial charge is 0.145 e. The van der Waals surface area contributed by atoms with E-state index in [-0.39, 0.29) is 0 Å². The van der Waals surface area contributed by atoms with Gasteiger partial charge in [0.05, 0.1) is 56.7 Å². The molecular weight excluding hydrogens is 649 g/mol. The second-order valence-corrected chi connectivity index (χ2v) is 12.8. The van der Waals surface area contributed by atoms with Gasteiger partial charge in [-0.1, -0.05) is 103 Å². The first-order valence-corrected chi connectivity index (χ1v) is 17.2. The molecule has 9 rings (SSSR count). The molecule has 0 radical (unpaired) electrons. The minimum atomic E-state index is 0.630. The van der Waals surface area contributed by atoms with Gasteiger partial charge in [0.15, 0.2) is 0 Å². The van der Waals surface area contributed by atoms with E-state index >= 15 is 0 Å². The van der Waals surface area contributed by atoms with Crippen molar-refractivity contribution < 1.29 is 0 Å². The average Bonchev–Trinajstić information content (AvgIpc) is 3.63. The first-order valence-electron chi connectivity index (χ1n) is 17.2. The molecule has 0 saturated carbocycles. The first-order chi connectivity index (χ1) is 26.1. The van der Waals surface area contributed by atoms with Crippen LogP contribution in [0.2, 0.25) is 0 Å². The van der Waals surface area contributed by atoms with Crippen LogP contribution in [0.3, 0.4) is 0 Å². The predicted octanol–water partition coefficient (Wildman–Crippen LogP) is 11.0. The van der Waals surface area contributed by atoms with Crippen LogP contribution in [-0.2, 0) is 0 Å². The van der Waals surface area contributed by atoms with Crippen LogP contribution in [-0.4, -0.2) is 19.5 Å². The molecule has 53 heavy (non-hydrogen) atoms. The van der Waals surface area contributed by atoms with Gasteiger partial charge in [0, 0.05) is 22.4 Å². The molecule has 0 amide bonds. The first kappa shape index (κ1) is 31.3. The molecular formula is C47H28N6. The number of rotatable bonds is 6. The summed E-state index contributed by atoms with van der Waals surface area (Å²) in [4.78, 5) is 15.7. The largest absolute Gasteiger partial charge is 0.292 e. The minimum absolute atomic E-state index is 0.630. The highest BCUT2D eigenvalue weighted by Gasteiger charge is 2.18. The Balaban J connectivity index is 1.18. The molecule has 0 aliphatic carbocycles.